The fourth-order valence-corrected chi connectivity index (χ4v) is 3.16. The summed E-state index contributed by atoms with van der Waals surface area (Å²) in [6.07, 6.45) is 0.161. The predicted molar refractivity (Wildman–Crippen MR) is 98.5 cm³/mol. The zero-order valence-electron chi connectivity index (χ0n) is 16.3. The SMILES string of the molecule is CCC(=O)N1CCN(C(=O)OC(C)(C)C)C(c2cc(C)ccc2C)C1. The molecule has 1 aliphatic heterocycles. The summed E-state index contributed by atoms with van der Waals surface area (Å²) in [5.41, 5.74) is 2.80. The lowest BCUT2D eigenvalue weighted by Gasteiger charge is -2.42. The van der Waals surface area contributed by atoms with Crippen LogP contribution in [-0.2, 0) is 9.53 Å². The molecule has 2 rings (SSSR count). The first-order valence-corrected chi connectivity index (χ1v) is 8.97. The van der Waals surface area contributed by atoms with Gasteiger partial charge < -0.3 is 9.64 Å². The van der Waals surface area contributed by atoms with Gasteiger partial charge >= 0.3 is 6.09 Å². The Morgan fingerprint density at radius 1 is 1.20 bits per heavy atom. The largest absolute Gasteiger partial charge is 0.444 e. The highest BCUT2D eigenvalue weighted by Gasteiger charge is 2.36. The van der Waals surface area contributed by atoms with Gasteiger partial charge in [-0.05, 0) is 45.7 Å². The van der Waals surface area contributed by atoms with E-state index >= 15 is 0 Å². The molecule has 0 saturated carbocycles. The summed E-state index contributed by atoms with van der Waals surface area (Å²) in [6, 6.07) is 6.06. The normalized spacial score (nSPS) is 18.2. The number of rotatable bonds is 2. The first-order chi connectivity index (χ1) is 11.6. The molecule has 1 atom stereocenters. The topological polar surface area (TPSA) is 49.9 Å². The summed E-state index contributed by atoms with van der Waals surface area (Å²) in [6.45, 7) is 13.1. The molecule has 1 fully saturated rings. The predicted octanol–water partition coefficient (Wildman–Crippen LogP) is 3.83. The Kier molecular flexibility index (Phi) is 5.76. The first kappa shape index (κ1) is 19.3. The highest BCUT2D eigenvalue weighted by Crippen LogP contribution is 2.30. The average Bonchev–Trinajstić information content (AvgIpc) is 2.54. The van der Waals surface area contributed by atoms with Crippen LogP contribution in [0.25, 0.3) is 0 Å². The van der Waals surface area contributed by atoms with Crippen LogP contribution in [0.5, 0.6) is 0 Å². The lowest BCUT2D eigenvalue weighted by Crippen LogP contribution is -2.53. The zero-order valence-corrected chi connectivity index (χ0v) is 16.3. The fraction of sp³-hybridized carbons (Fsp3) is 0.600. The molecule has 1 heterocycles. The van der Waals surface area contributed by atoms with Gasteiger partial charge in [0.1, 0.15) is 5.60 Å². The van der Waals surface area contributed by atoms with Gasteiger partial charge in [-0.15, -0.1) is 0 Å². The third-order valence-electron chi connectivity index (χ3n) is 4.46. The van der Waals surface area contributed by atoms with Gasteiger partial charge in [0, 0.05) is 26.1 Å². The van der Waals surface area contributed by atoms with Crippen LogP contribution >= 0.6 is 0 Å². The Morgan fingerprint density at radius 3 is 2.48 bits per heavy atom. The molecular weight excluding hydrogens is 316 g/mol. The minimum absolute atomic E-state index is 0.124. The Balaban J connectivity index is 2.35. The Morgan fingerprint density at radius 2 is 1.88 bits per heavy atom. The highest BCUT2D eigenvalue weighted by molar-refractivity contribution is 5.76. The quantitative estimate of drug-likeness (QED) is 0.818. The smallest absolute Gasteiger partial charge is 0.410 e. The molecule has 1 aliphatic rings. The molecule has 1 unspecified atom stereocenters. The zero-order chi connectivity index (χ0) is 18.8. The molecule has 0 aromatic heterocycles. The van der Waals surface area contributed by atoms with E-state index in [1.165, 1.54) is 0 Å². The molecular formula is C20H30N2O3. The van der Waals surface area contributed by atoms with Gasteiger partial charge in [0.05, 0.1) is 6.04 Å². The molecule has 1 aromatic carbocycles. The van der Waals surface area contributed by atoms with Gasteiger partial charge in [-0.2, -0.15) is 0 Å². The van der Waals surface area contributed by atoms with E-state index in [2.05, 4.69) is 18.2 Å². The molecule has 0 spiro atoms. The third-order valence-corrected chi connectivity index (χ3v) is 4.46. The van der Waals surface area contributed by atoms with Crippen LogP contribution in [0.4, 0.5) is 4.79 Å². The van der Waals surface area contributed by atoms with E-state index in [9.17, 15) is 9.59 Å². The Hall–Kier alpha value is -2.04. The minimum atomic E-state index is -0.542. The summed E-state index contributed by atoms with van der Waals surface area (Å²) in [5.74, 6) is 0.124. The summed E-state index contributed by atoms with van der Waals surface area (Å²) in [7, 11) is 0. The second-order valence-corrected chi connectivity index (χ2v) is 7.74. The lowest BCUT2D eigenvalue weighted by atomic mass is 9.96. The van der Waals surface area contributed by atoms with Crippen LogP contribution in [0.3, 0.4) is 0 Å². The van der Waals surface area contributed by atoms with Crippen molar-refractivity contribution in [2.75, 3.05) is 19.6 Å². The summed E-state index contributed by atoms with van der Waals surface area (Å²) in [4.78, 5) is 28.6. The summed E-state index contributed by atoms with van der Waals surface area (Å²) >= 11 is 0. The van der Waals surface area contributed by atoms with E-state index in [-0.39, 0.29) is 18.0 Å². The second-order valence-electron chi connectivity index (χ2n) is 7.74. The van der Waals surface area contributed by atoms with Crippen LogP contribution in [0.2, 0.25) is 0 Å². The van der Waals surface area contributed by atoms with Crippen LogP contribution in [0.15, 0.2) is 18.2 Å². The Bertz CT molecular complexity index is 649. The molecule has 5 heteroatoms. The summed E-state index contributed by atoms with van der Waals surface area (Å²) in [5, 5.41) is 0. The number of carbonyl (C=O) groups is 2. The maximum atomic E-state index is 12.7. The van der Waals surface area contributed by atoms with E-state index in [0.717, 1.165) is 16.7 Å². The van der Waals surface area contributed by atoms with Crippen molar-refractivity contribution in [3.05, 3.63) is 34.9 Å². The highest BCUT2D eigenvalue weighted by atomic mass is 16.6. The molecule has 5 nitrogen and oxygen atoms in total. The van der Waals surface area contributed by atoms with E-state index < -0.39 is 5.60 Å². The number of hydrogen-bond donors (Lipinski definition) is 0. The van der Waals surface area contributed by atoms with Gasteiger partial charge in [-0.25, -0.2) is 4.79 Å². The molecule has 0 N–H and O–H groups in total. The Labute approximate surface area is 150 Å². The van der Waals surface area contributed by atoms with Gasteiger partial charge in [-0.1, -0.05) is 30.7 Å². The molecule has 1 saturated heterocycles. The molecule has 1 aromatic rings. The van der Waals surface area contributed by atoms with Crippen molar-refractivity contribution in [3.63, 3.8) is 0 Å². The van der Waals surface area contributed by atoms with Gasteiger partial charge in [0.25, 0.3) is 0 Å². The lowest BCUT2D eigenvalue weighted by molar-refractivity contribution is -0.134. The second kappa shape index (κ2) is 7.46. The monoisotopic (exact) mass is 346 g/mol. The van der Waals surface area contributed by atoms with Crippen molar-refractivity contribution in [1.29, 1.82) is 0 Å². The van der Waals surface area contributed by atoms with E-state index in [0.29, 0.717) is 26.1 Å². The average molecular weight is 346 g/mol. The molecule has 0 radical (unpaired) electrons. The summed E-state index contributed by atoms with van der Waals surface area (Å²) < 4.78 is 5.60. The standard InChI is InChI=1S/C20H30N2O3/c1-7-18(23)21-10-11-22(19(24)25-20(4,5)6)17(13-21)16-12-14(2)8-9-15(16)3/h8-9,12,17H,7,10-11,13H2,1-6H3. The van der Waals surface area contributed by atoms with E-state index in [1.54, 1.807) is 4.90 Å². The maximum absolute atomic E-state index is 12.7. The number of nitrogens with zero attached hydrogens (tertiary/aromatic N) is 2. The molecule has 0 bridgehead atoms. The van der Waals surface area contributed by atoms with Gasteiger partial charge in [-0.3, -0.25) is 9.69 Å². The van der Waals surface area contributed by atoms with Crippen molar-refractivity contribution >= 4 is 12.0 Å². The fourth-order valence-electron chi connectivity index (χ4n) is 3.16. The number of amides is 2. The number of piperazine rings is 1. The van der Waals surface area contributed by atoms with Crippen molar-refractivity contribution in [3.8, 4) is 0 Å². The van der Waals surface area contributed by atoms with Gasteiger partial charge in [0.15, 0.2) is 0 Å². The maximum Gasteiger partial charge on any atom is 0.410 e. The van der Waals surface area contributed by atoms with E-state index in [4.69, 9.17) is 4.74 Å². The van der Waals surface area contributed by atoms with Gasteiger partial charge in [0.2, 0.25) is 5.91 Å². The third kappa shape index (κ3) is 4.74. The van der Waals surface area contributed by atoms with Crippen molar-refractivity contribution < 1.29 is 14.3 Å². The molecule has 0 aliphatic carbocycles. The van der Waals surface area contributed by atoms with Crippen molar-refractivity contribution in [2.45, 2.75) is 59.6 Å². The van der Waals surface area contributed by atoms with Crippen LogP contribution in [-0.4, -0.2) is 47.0 Å². The van der Waals surface area contributed by atoms with Crippen LogP contribution in [0.1, 0.15) is 56.8 Å². The van der Waals surface area contributed by atoms with Crippen molar-refractivity contribution in [2.24, 2.45) is 0 Å². The van der Waals surface area contributed by atoms with Crippen molar-refractivity contribution in [1.82, 2.24) is 9.80 Å². The number of carbonyl (C=O) groups excluding carboxylic acids is 2. The first-order valence-electron chi connectivity index (χ1n) is 8.97. The minimum Gasteiger partial charge on any atom is -0.444 e. The van der Waals surface area contributed by atoms with E-state index in [1.807, 2.05) is 46.4 Å². The molecule has 138 valence electrons. The number of benzene rings is 1. The number of aryl methyl sites for hydroxylation is 2. The number of ether oxygens (including phenoxy) is 1. The number of hydrogen-bond acceptors (Lipinski definition) is 3. The van der Waals surface area contributed by atoms with Crippen LogP contribution < -0.4 is 0 Å². The van der Waals surface area contributed by atoms with Crippen LogP contribution in [0, 0.1) is 13.8 Å². The molecule has 25 heavy (non-hydrogen) atoms. The molecule has 2 amide bonds.